The topological polar surface area (TPSA) is 113 Å². The number of nitrogens with one attached hydrogen (secondary N) is 1. The number of hydrogen-bond donors (Lipinski definition) is 3. The van der Waals surface area contributed by atoms with E-state index in [1.807, 2.05) is 72.8 Å². The molecule has 5 aromatic carbocycles. The molecule has 5 rings (SSSR count). The molecule has 1 unspecified atom stereocenters. The molecule has 0 saturated heterocycles. The second-order valence-electron chi connectivity index (χ2n) is 10.9. The van der Waals surface area contributed by atoms with Crippen LogP contribution in [0.3, 0.4) is 0 Å². The van der Waals surface area contributed by atoms with Crippen molar-refractivity contribution in [2.75, 3.05) is 6.54 Å². The number of benzene rings is 5. The second kappa shape index (κ2) is 15.2. The summed E-state index contributed by atoms with van der Waals surface area (Å²) >= 11 is 6.18. The molecule has 2 atom stereocenters. The van der Waals surface area contributed by atoms with Crippen molar-refractivity contribution < 1.29 is 28.2 Å². The number of aliphatic hydroxyl groups is 1. The van der Waals surface area contributed by atoms with Gasteiger partial charge in [0.05, 0.1) is 15.9 Å². The predicted octanol–water partition coefficient (Wildman–Crippen LogP) is 6.93. The fourth-order valence-corrected chi connectivity index (χ4v) is 6.65. The number of aliphatic hydroxyl groups excluding tert-OH is 1. The van der Waals surface area contributed by atoms with Crippen LogP contribution in [0, 0.1) is 0 Å². The van der Waals surface area contributed by atoms with E-state index in [0.29, 0.717) is 24.4 Å². The van der Waals surface area contributed by atoms with Gasteiger partial charge in [-0.1, -0.05) is 96.5 Å². The Morgan fingerprint density at radius 1 is 0.761 bits per heavy atom. The van der Waals surface area contributed by atoms with E-state index in [1.54, 1.807) is 24.3 Å². The smallest absolute Gasteiger partial charge is 0.339 e. The lowest BCUT2D eigenvalue weighted by Crippen LogP contribution is -2.38. The van der Waals surface area contributed by atoms with Crippen LogP contribution in [0.1, 0.15) is 38.7 Å². The quantitative estimate of drug-likeness (QED) is 0.119. The van der Waals surface area contributed by atoms with Gasteiger partial charge in [-0.25, -0.2) is 13.2 Å². The first-order chi connectivity index (χ1) is 22.2. The zero-order valence-corrected chi connectivity index (χ0v) is 26.5. The van der Waals surface area contributed by atoms with Crippen LogP contribution in [-0.2, 0) is 29.3 Å². The van der Waals surface area contributed by atoms with E-state index in [2.05, 4.69) is 5.32 Å². The van der Waals surface area contributed by atoms with E-state index in [-0.39, 0.29) is 33.8 Å². The molecular weight excluding hydrogens is 622 g/mol. The lowest BCUT2D eigenvalue weighted by molar-refractivity contribution is 0.0691. The highest BCUT2D eigenvalue weighted by atomic mass is 35.5. The zero-order valence-electron chi connectivity index (χ0n) is 24.9. The third kappa shape index (κ3) is 8.41. The summed E-state index contributed by atoms with van der Waals surface area (Å²) in [7, 11) is -3.99. The molecule has 46 heavy (non-hydrogen) atoms. The Balaban J connectivity index is 1.25. The number of ether oxygens (including phenoxy) is 1. The summed E-state index contributed by atoms with van der Waals surface area (Å²) in [6.07, 6.45) is 0.391. The number of hydrogen-bond acceptors (Lipinski definition) is 6. The molecular formula is C37H34ClNO6S. The van der Waals surface area contributed by atoms with Crippen molar-refractivity contribution in [3.05, 3.63) is 160 Å². The summed E-state index contributed by atoms with van der Waals surface area (Å²) in [5.74, 6) is -1.20. The molecule has 0 aliphatic heterocycles. The lowest BCUT2D eigenvalue weighted by atomic mass is 9.96. The SMILES string of the molecule is O=C(O)c1cc(S(=O)(=O)c2ccc(CCNC(Cc3ccccc3)[C@H](O)c3cccc(Cl)c3)cc2)ccc1OCc1ccccc1. The maximum atomic E-state index is 13.4. The van der Waals surface area contributed by atoms with E-state index >= 15 is 0 Å². The molecule has 0 fully saturated rings. The maximum absolute atomic E-state index is 13.4. The summed E-state index contributed by atoms with van der Waals surface area (Å²) in [5, 5.41) is 25.0. The first kappa shape index (κ1) is 32.9. The van der Waals surface area contributed by atoms with Crippen molar-refractivity contribution in [3.63, 3.8) is 0 Å². The van der Waals surface area contributed by atoms with Gasteiger partial charge in [-0.05, 0) is 84.1 Å². The highest BCUT2D eigenvalue weighted by Crippen LogP contribution is 2.28. The van der Waals surface area contributed by atoms with Gasteiger partial charge in [-0.2, -0.15) is 0 Å². The second-order valence-corrected chi connectivity index (χ2v) is 13.3. The first-order valence-electron chi connectivity index (χ1n) is 14.8. The standard InChI is InChI=1S/C37H34ClNO6S/c38-30-13-7-12-29(23-30)36(40)34(22-27-8-3-1-4-9-27)39-21-20-26-14-16-31(17-15-26)46(43,44)32-18-19-35(33(24-32)37(41)42)45-25-28-10-5-2-6-11-28/h1-19,23-24,34,36,39-40H,20-22,25H2,(H,41,42)/t34?,36-/m1/s1. The van der Waals surface area contributed by atoms with Crippen LogP contribution < -0.4 is 10.1 Å². The minimum absolute atomic E-state index is 0.0526. The summed E-state index contributed by atoms with van der Waals surface area (Å²) in [5.41, 5.74) is 3.33. The van der Waals surface area contributed by atoms with Gasteiger partial charge in [0.25, 0.3) is 0 Å². The van der Waals surface area contributed by atoms with Crippen molar-refractivity contribution in [1.82, 2.24) is 5.32 Å². The highest BCUT2D eigenvalue weighted by molar-refractivity contribution is 7.91. The highest BCUT2D eigenvalue weighted by Gasteiger charge is 2.23. The van der Waals surface area contributed by atoms with Crippen LogP contribution in [0.5, 0.6) is 5.75 Å². The van der Waals surface area contributed by atoms with E-state index in [1.165, 1.54) is 24.3 Å². The minimum Gasteiger partial charge on any atom is -0.488 e. The van der Waals surface area contributed by atoms with Crippen molar-refractivity contribution in [2.24, 2.45) is 0 Å². The van der Waals surface area contributed by atoms with Gasteiger partial charge in [0.15, 0.2) is 0 Å². The van der Waals surface area contributed by atoms with Gasteiger partial charge in [0.2, 0.25) is 9.84 Å². The first-order valence-corrected chi connectivity index (χ1v) is 16.7. The molecule has 7 nitrogen and oxygen atoms in total. The molecule has 0 aliphatic carbocycles. The Bertz CT molecular complexity index is 1870. The summed E-state index contributed by atoms with van der Waals surface area (Å²) in [6, 6.07) is 36.5. The van der Waals surface area contributed by atoms with Crippen molar-refractivity contribution in [2.45, 2.75) is 41.4 Å². The predicted molar refractivity (Wildman–Crippen MR) is 178 cm³/mol. The fourth-order valence-electron chi connectivity index (χ4n) is 5.16. The fraction of sp³-hybridized carbons (Fsp3) is 0.162. The van der Waals surface area contributed by atoms with Gasteiger partial charge in [0.1, 0.15) is 17.9 Å². The Hall–Kier alpha value is -4.47. The number of halogens is 1. The average molecular weight is 656 g/mol. The molecule has 0 radical (unpaired) electrons. The molecule has 236 valence electrons. The van der Waals surface area contributed by atoms with Crippen LogP contribution in [-0.4, -0.2) is 37.2 Å². The molecule has 0 spiro atoms. The van der Waals surface area contributed by atoms with Crippen LogP contribution >= 0.6 is 11.6 Å². The lowest BCUT2D eigenvalue weighted by Gasteiger charge is -2.25. The Morgan fingerprint density at radius 3 is 2.07 bits per heavy atom. The van der Waals surface area contributed by atoms with E-state index in [0.717, 1.165) is 28.3 Å². The largest absolute Gasteiger partial charge is 0.488 e. The van der Waals surface area contributed by atoms with Crippen molar-refractivity contribution in [3.8, 4) is 5.75 Å². The molecule has 0 aliphatic rings. The van der Waals surface area contributed by atoms with Crippen LogP contribution in [0.2, 0.25) is 5.02 Å². The Labute approximate surface area is 274 Å². The van der Waals surface area contributed by atoms with Gasteiger partial charge in [-0.3, -0.25) is 0 Å². The molecule has 0 heterocycles. The third-order valence-corrected chi connectivity index (χ3v) is 9.65. The average Bonchev–Trinajstić information content (AvgIpc) is 3.07. The minimum atomic E-state index is -3.99. The number of carbonyl (C=O) groups is 1. The van der Waals surface area contributed by atoms with E-state index < -0.39 is 21.9 Å². The number of sulfone groups is 1. The zero-order chi connectivity index (χ0) is 32.5. The van der Waals surface area contributed by atoms with E-state index in [4.69, 9.17) is 16.3 Å². The maximum Gasteiger partial charge on any atom is 0.339 e. The number of rotatable bonds is 14. The Morgan fingerprint density at radius 2 is 1.41 bits per heavy atom. The summed E-state index contributed by atoms with van der Waals surface area (Å²) < 4.78 is 32.6. The van der Waals surface area contributed by atoms with Crippen LogP contribution in [0.25, 0.3) is 0 Å². The molecule has 0 bridgehead atoms. The van der Waals surface area contributed by atoms with Gasteiger partial charge in [0, 0.05) is 11.1 Å². The van der Waals surface area contributed by atoms with E-state index in [9.17, 15) is 23.4 Å². The monoisotopic (exact) mass is 655 g/mol. The summed E-state index contributed by atoms with van der Waals surface area (Å²) in [4.78, 5) is 11.9. The van der Waals surface area contributed by atoms with Gasteiger partial charge < -0.3 is 20.3 Å². The number of aromatic carboxylic acids is 1. The van der Waals surface area contributed by atoms with Crippen LogP contribution in [0.15, 0.2) is 137 Å². The number of carboxylic acid groups (broad SMARTS) is 1. The molecule has 9 heteroatoms. The summed E-state index contributed by atoms with van der Waals surface area (Å²) in [6.45, 7) is 0.684. The molecule has 5 aromatic rings. The number of carboxylic acids is 1. The van der Waals surface area contributed by atoms with Crippen molar-refractivity contribution in [1.29, 1.82) is 0 Å². The van der Waals surface area contributed by atoms with Crippen LogP contribution in [0.4, 0.5) is 0 Å². The molecule has 0 saturated carbocycles. The molecule has 0 amide bonds. The van der Waals surface area contributed by atoms with Gasteiger partial charge in [-0.15, -0.1) is 0 Å². The molecule has 0 aromatic heterocycles. The normalized spacial score (nSPS) is 12.7. The third-order valence-electron chi connectivity index (χ3n) is 7.65. The van der Waals surface area contributed by atoms with Crippen molar-refractivity contribution >= 4 is 27.4 Å². The molecule has 3 N–H and O–H groups in total. The Kier molecular flexibility index (Phi) is 10.9. The van der Waals surface area contributed by atoms with Gasteiger partial charge >= 0.3 is 5.97 Å².